The molecular formula is C16H17Cl2N. The number of hydrogen-bond donors (Lipinski definition) is 1. The van der Waals surface area contributed by atoms with Crippen LogP contribution in [0.25, 0.3) is 0 Å². The summed E-state index contributed by atoms with van der Waals surface area (Å²) in [4.78, 5) is 0. The summed E-state index contributed by atoms with van der Waals surface area (Å²) in [5.74, 6) is 0. The maximum Gasteiger partial charge on any atom is 0.0823 e. The van der Waals surface area contributed by atoms with Gasteiger partial charge in [0.1, 0.15) is 0 Å². The van der Waals surface area contributed by atoms with E-state index in [1.807, 2.05) is 12.1 Å². The molecule has 1 N–H and O–H groups in total. The van der Waals surface area contributed by atoms with Gasteiger partial charge in [0.05, 0.1) is 15.7 Å². The average molecular weight is 294 g/mol. The number of anilines is 1. The Morgan fingerprint density at radius 2 is 1.63 bits per heavy atom. The van der Waals surface area contributed by atoms with Crippen molar-refractivity contribution in [3.63, 3.8) is 0 Å². The fraction of sp³-hybridized carbons (Fsp3) is 0.250. The van der Waals surface area contributed by atoms with Gasteiger partial charge in [-0.3, -0.25) is 0 Å². The van der Waals surface area contributed by atoms with Gasteiger partial charge >= 0.3 is 0 Å². The van der Waals surface area contributed by atoms with Gasteiger partial charge in [-0.25, -0.2) is 0 Å². The average Bonchev–Trinajstić information content (AvgIpc) is 2.37. The molecule has 1 nitrogen and oxygen atoms in total. The van der Waals surface area contributed by atoms with Crippen LogP contribution >= 0.6 is 23.2 Å². The van der Waals surface area contributed by atoms with Gasteiger partial charge in [-0.2, -0.15) is 0 Å². The van der Waals surface area contributed by atoms with Crippen LogP contribution in [-0.2, 0) is 6.54 Å². The molecule has 0 spiro atoms. The molecule has 0 saturated carbocycles. The molecule has 0 heterocycles. The molecule has 0 radical (unpaired) electrons. The zero-order chi connectivity index (χ0) is 14.0. The monoisotopic (exact) mass is 293 g/mol. The molecule has 0 aliphatic heterocycles. The van der Waals surface area contributed by atoms with E-state index in [0.29, 0.717) is 10.0 Å². The predicted molar refractivity (Wildman–Crippen MR) is 84.4 cm³/mol. The van der Waals surface area contributed by atoms with E-state index >= 15 is 0 Å². The number of aryl methyl sites for hydroxylation is 3. The number of halogens is 2. The Labute approximate surface area is 124 Å². The molecule has 0 atom stereocenters. The normalized spacial score (nSPS) is 10.6. The van der Waals surface area contributed by atoms with Gasteiger partial charge in [-0.1, -0.05) is 41.4 Å². The molecule has 2 aromatic carbocycles. The summed E-state index contributed by atoms with van der Waals surface area (Å²) in [5.41, 5.74) is 6.06. The van der Waals surface area contributed by atoms with E-state index in [0.717, 1.165) is 12.2 Å². The van der Waals surface area contributed by atoms with Crippen LogP contribution in [0.5, 0.6) is 0 Å². The summed E-state index contributed by atoms with van der Waals surface area (Å²) in [6.45, 7) is 7.13. The van der Waals surface area contributed by atoms with Gasteiger partial charge < -0.3 is 5.32 Å². The lowest BCUT2D eigenvalue weighted by Crippen LogP contribution is -2.03. The Balaban J connectivity index is 2.19. The highest BCUT2D eigenvalue weighted by Gasteiger charge is 2.06. The lowest BCUT2D eigenvalue weighted by atomic mass is 10.0. The quantitative estimate of drug-likeness (QED) is 0.784. The third-order valence-corrected chi connectivity index (χ3v) is 4.19. The van der Waals surface area contributed by atoms with Crippen LogP contribution in [-0.4, -0.2) is 0 Å². The number of hydrogen-bond acceptors (Lipinski definition) is 1. The van der Waals surface area contributed by atoms with Crippen molar-refractivity contribution in [2.75, 3.05) is 5.32 Å². The zero-order valence-electron chi connectivity index (χ0n) is 11.3. The summed E-state index contributed by atoms with van der Waals surface area (Å²) in [6, 6.07) is 10.0. The smallest absolute Gasteiger partial charge is 0.0823 e. The highest BCUT2D eigenvalue weighted by molar-refractivity contribution is 6.43. The maximum absolute atomic E-state index is 6.16. The van der Waals surface area contributed by atoms with Crippen molar-refractivity contribution >= 4 is 28.9 Å². The summed E-state index contributed by atoms with van der Waals surface area (Å²) in [6.07, 6.45) is 0. The Hall–Kier alpha value is -1.18. The van der Waals surface area contributed by atoms with E-state index in [9.17, 15) is 0 Å². The standard InChI is InChI=1S/C16H17Cl2N/c1-10-7-12(3)13(8-11(10)2)9-19-15-6-4-5-14(17)16(15)18/h4-8,19H,9H2,1-3H3. The molecule has 19 heavy (non-hydrogen) atoms. The van der Waals surface area contributed by atoms with Crippen molar-refractivity contribution < 1.29 is 0 Å². The Kier molecular flexibility index (Phi) is 4.38. The van der Waals surface area contributed by atoms with E-state index in [1.165, 1.54) is 22.3 Å². The maximum atomic E-state index is 6.16. The minimum Gasteiger partial charge on any atom is -0.380 e. The topological polar surface area (TPSA) is 12.0 Å². The van der Waals surface area contributed by atoms with Crippen molar-refractivity contribution in [2.24, 2.45) is 0 Å². The highest BCUT2D eigenvalue weighted by Crippen LogP contribution is 2.30. The fourth-order valence-corrected chi connectivity index (χ4v) is 2.41. The summed E-state index contributed by atoms with van der Waals surface area (Å²) in [5, 5.41) is 4.49. The van der Waals surface area contributed by atoms with E-state index in [4.69, 9.17) is 23.2 Å². The molecule has 0 fully saturated rings. The molecule has 0 aliphatic rings. The molecule has 3 heteroatoms. The van der Waals surface area contributed by atoms with Crippen LogP contribution in [0.2, 0.25) is 10.0 Å². The van der Waals surface area contributed by atoms with Crippen LogP contribution in [0.3, 0.4) is 0 Å². The van der Waals surface area contributed by atoms with Gasteiger partial charge in [-0.15, -0.1) is 0 Å². The van der Waals surface area contributed by atoms with Crippen molar-refractivity contribution in [3.8, 4) is 0 Å². The molecule has 0 bridgehead atoms. The van der Waals surface area contributed by atoms with E-state index < -0.39 is 0 Å². The van der Waals surface area contributed by atoms with Crippen LogP contribution < -0.4 is 5.32 Å². The zero-order valence-corrected chi connectivity index (χ0v) is 12.9. The first-order chi connectivity index (χ1) is 8.99. The number of nitrogens with one attached hydrogen (secondary N) is 1. The molecule has 100 valence electrons. The van der Waals surface area contributed by atoms with E-state index in [-0.39, 0.29) is 0 Å². The number of rotatable bonds is 3. The second-order valence-electron chi connectivity index (χ2n) is 4.82. The molecule has 0 amide bonds. The first-order valence-electron chi connectivity index (χ1n) is 6.23. The van der Waals surface area contributed by atoms with Crippen molar-refractivity contribution in [1.29, 1.82) is 0 Å². The summed E-state index contributed by atoms with van der Waals surface area (Å²) < 4.78 is 0. The largest absolute Gasteiger partial charge is 0.380 e. The van der Waals surface area contributed by atoms with E-state index in [1.54, 1.807) is 6.07 Å². The van der Waals surface area contributed by atoms with Crippen molar-refractivity contribution in [2.45, 2.75) is 27.3 Å². The molecule has 0 saturated heterocycles. The molecule has 0 unspecified atom stereocenters. The lowest BCUT2D eigenvalue weighted by Gasteiger charge is -2.13. The lowest BCUT2D eigenvalue weighted by molar-refractivity contribution is 1.10. The second-order valence-corrected chi connectivity index (χ2v) is 5.60. The minimum absolute atomic E-state index is 0.573. The fourth-order valence-electron chi connectivity index (χ4n) is 2.04. The third kappa shape index (κ3) is 3.23. The first-order valence-corrected chi connectivity index (χ1v) is 6.99. The van der Waals surface area contributed by atoms with Gasteiger partial charge in [0.15, 0.2) is 0 Å². The van der Waals surface area contributed by atoms with Gasteiger partial charge in [0.25, 0.3) is 0 Å². The van der Waals surface area contributed by atoms with Crippen LogP contribution in [0.1, 0.15) is 22.3 Å². The highest BCUT2D eigenvalue weighted by atomic mass is 35.5. The molecule has 2 aromatic rings. The SMILES string of the molecule is Cc1cc(C)c(CNc2cccc(Cl)c2Cl)cc1C. The first kappa shape index (κ1) is 14.2. The summed E-state index contributed by atoms with van der Waals surface area (Å²) in [7, 11) is 0. The molecular weight excluding hydrogens is 277 g/mol. The van der Waals surface area contributed by atoms with Crippen LogP contribution in [0.4, 0.5) is 5.69 Å². The molecule has 2 rings (SSSR count). The van der Waals surface area contributed by atoms with Gasteiger partial charge in [-0.05, 0) is 55.2 Å². The van der Waals surface area contributed by atoms with Crippen LogP contribution in [0, 0.1) is 20.8 Å². The van der Waals surface area contributed by atoms with E-state index in [2.05, 4.69) is 38.2 Å². The minimum atomic E-state index is 0.573. The Bertz CT molecular complexity index is 606. The van der Waals surface area contributed by atoms with Crippen LogP contribution in [0.15, 0.2) is 30.3 Å². The third-order valence-electron chi connectivity index (χ3n) is 3.37. The van der Waals surface area contributed by atoms with Crippen molar-refractivity contribution in [1.82, 2.24) is 0 Å². The Morgan fingerprint density at radius 3 is 2.37 bits per heavy atom. The number of benzene rings is 2. The second kappa shape index (κ2) is 5.85. The van der Waals surface area contributed by atoms with Gasteiger partial charge in [0, 0.05) is 6.54 Å². The molecule has 0 aliphatic carbocycles. The predicted octanol–water partition coefficient (Wildman–Crippen LogP) is 5.53. The molecule has 0 aromatic heterocycles. The van der Waals surface area contributed by atoms with Crippen molar-refractivity contribution in [3.05, 3.63) is 62.6 Å². The Morgan fingerprint density at radius 1 is 0.947 bits per heavy atom. The summed E-state index contributed by atoms with van der Waals surface area (Å²) >= 11 is 12.2. The van der Waals surface area contributed by atoms with Gasteiger partial charge in [0.2, 0.25) is 0 Å².